The van der Waals surface area contributed by atoms with Gasteiger partial charge in [-0.15, -0.1) is 0 Å². The minimum atomic E-state index is 0.562. The normalized spacial score (nSPS) is 21.1. The van der Waals surface area contributed by atoms with Gasteiger partial charge in [-0.2, -0.15) is 0 Å². The second-order valence-electron chi connectivity index (χ2n) is 5.01. The summed E-state index contributed by atoms with van der Waals surface area (Å²) in [5.74, 6) is 0.562. The third-order valence-electron chi connectivity index (χ3n) is 3.61. The summed E-state index contributed by atoms with van der Waals surface area (Å²) < 4.78 is 2.03. The number of likely N-dealkylation sites (N-methyl/N-ethyl adjacent to an activating group) is 1. The predicted octanol–water partition coefficient (Wildman–Crippen LogP) is 2.08. The van der Waals surface area contributed by atoms with E-state index in [1.807, 2.05) is 29.4 Å². The lowest BCUT2D eigenvalue weighted by atomic mass is 9.94. The van der Waals surface area contributed by atoms with Crippen molar-refractivity contribution < 1.29 is 0 Å². The van der Waals surface area contributed by atoms with Crippen LogP contribution in [0.15, 0.2) is 37.1 Å². The van der Waals surface area contributed by atoms with Crippen LogP contribution in [0.1, 0.15) is 24.5 Å². The molecule has 2 aromatic rings. The molecule has 94 valence electrons. The van der Waals surface area contributed by atoms with Gasteiger partial charge in [0.2, 0.25) is 0 Å². The minimum Gasteiger partial charge on any atom is -0.306 e. The van der Waals surface area contributed by atoms with Crippen molar-refractivity contribution in [1.29, 1.82) is 0 Å². The molecule has 0 bridgehead atoms. The van der Waals surface area contributed by atoms with E-state index in [1.54, 1.807) is 6.20 Å². The van der Waals surface area contributed by atoms with Crippen LogP contribution in [0.2, 0.25) is 0 Å². The highest BCUT2D eigenvalue weighted by molar-refractivity contribution is 5.33. The summed E-state index contributed by atoms with van der Waals surface area (Å²) >= 11 is 0. The van der Waals surface area contributed by atoms with Gasteiger partial charge in [0.1, 0.15) is 0 Å². The molecule has 0 aliphatic carbocycles. The van der Waals surface area contributed by atoms with Crippen LogP contribution in [0.5, 0.6) is 0 Å². The van der Waals surface area contributed by atoms with Crippen molar-refractivity contribution in [2.45, 2.75) is 18.8 Å². The molecule has 0 saturated carbocycles. The molecule has 1 unspecified atom stereocenters. The molecule has 1 atom stereocenters. The second kappa shape index (κ2) is 4.90. The second-order valence-corrected chi connectivity index (χ2v) is 5.01. The highest BCUT2D eigenvalue weighted by atomic mass is 15.1. The van der Waals surface area contributed by atoms with Gasteiger partial charge in [-0.05, 0) is 38.6 Å². The number of imidazole rings is 1. The molecule has 0 N–H and O–H groups in total. The van der Waals surface area contributed by atoms with E-state index in [2.05, 4.69) is 28.0 Å². The molecule has 2 aromatic heterocycles. The molecular formula is C14H18N4. The summed E-state index contributed by atoms with van der Waals surface area (Å²) in [6.45, 7) is 2.32. The average molecular weight is 242 g/mol. The first-order valence-corrected chi connectivity index (χ1v) is 6.46. The average Bonchev–Trinajstić information content (AvgIpc) is 2.93. The SMILES string of the molecule is CN1CCCC(c2cc(-n3ccnc3)ccn2)C1. The number of piperidine rings is 1. The molecule has 1 aliphatic rings. The maximum Gasteiger partial charge on any atom is 0.0991 e. The Bertz CT molecular complexity index is 506. The van der Waals surface area contributed by atoms with Crippen molar-refractivity contribution in [2.24, 2.45) is 0 Å². The molecule has 0 spiro atoms. The van der Waals surface area contributed by atoms with Crippen LogP contribution in [0.3, 0.4) is 0 Å². The van der Waals surface area contributed by atoms with Gasteiger partial charge < -0.3 is 9.47 Å². The maximum absolute atomic E-state index is 4.55. The van der Waals surface area contributed by atoms with Crippen LogP contribution in [0.25, 0.3) is 5.69 Å². The maximum atomic E-state index is 4.55. The fourth-order valence-corrected chi connectivity index (χ4v) is 2.64. The molecule has 3 heterocycles. The fraction of sp³-hybridized carbons (Fsp3) is 0.429. The fourth-order valence-electron chi connectivity index (χ4n) is 2.64. The van der Waals surface area contributed by atoms with E-state index >= 15 is 0 Å². The molecule has 0 amide bonds. The van der Waals surface area contributed by atoms with E-state index in [0.29, 0.717) is 5.92 Å². The van der Waals surface area contributed by atoms with Crippen molar-refractivity contribution in [3.8, 4) is 5.69 Å². The third-order valence-corrected chi connectivity index (χ3v) is 3.61. The Morgan fingerprint density at radius 3 is 3.06 bits per heavy atom. The Morgan fingerprint density at radius 1 is 1.33 bits per heavy atom. The van der Waals surface area contributed by atoms with Gasteiger partial charge in [0, 0.05) is 42.4 Å². The molecule has 4 nitrogen and oxygen atoms in total. The molecule has 3 rings (SSSR count). The topological polar surface area (TPSA) is 34.0 Å². The predicted molar refractivity (Wildman–Crippen MR) is 70.8 cm³/mol. The largest absolute Gasteiger partial charge is 0.306 e. The molecule has 18 heavy (non-hydrogen) atoms. The Labute approximate surface area is 107 Å². The minimum absolute atomic E-state index is 0.562. The van der Waals surface area contributed by atoms with Crippen LogP contribution in [0, 0.1) is 0 Å². The number of hydrogen-bond acceptors (Lipinski definition) is 3. The third kappa shape index (κ3) is 2.29. The van der Waals surface area contributed by atoms with E-state index in [0.717, 1.165) is 12.2 Å². The first-order chi connectivity index (χ1) is 8.83. The quantitative estimate of drug-likeness (QED) is 0.808. The van der Waals surface area contributed by atoms with Crippen molar-refractivity contribution in [3.05, 3.63) is 42.7 Å². The van der Waals surface area contributed by atoms with Crippen LogP contribution in [-0.4, -0.2) is 39.6 Å². The number of aromatic nitrogens is 3. The zero-order chi connectivity index (χ0) is 12.4. The lowest BCUT2D eigenvalue weighted by Crippen LogP contribution is -2.31. The molecule has 1 aliphatic heterocycles. The van der Waals surface area contributed by atoms with Gasteiger partial charge in [-0.25, -0.2) is 4.98 Å². The summed E-state index contributed by atoms with van der Waals surface area (Å²) in [7, 11) is 2.19. The van der Waals surface area contributed by atoms with Gasteiger partial charge in [0.15, 0.2) is 0 Å². The number of hydrogen-bond donors (Lipinski definition) is 0. The van der Waals surface area contributed by atoms with Crippen LogP contribution >= 0.6 is 0 Å². The van der Waals surface area contributed by atoms with Crippen molar-refractivity contribution >= 4 is 0 Å². The highest BCUT2D eigenvalue weighted by Crippen LogP contribution is 2.25. The lowest BCUT2D eigenvalue weighted by molar-refractivity contribution is 0.248. The first-order valence-electron chi connectivity index (χ1n) is 6.46. The summed E-state index contributed by atoms with van der Waals surface area (Å²) in [4.78, 5) is 11.0. The zero-order valence-corrected chi connectivity index (χ0v) is 10.7. The number of rotatable bonds is 2. The van der Waals surface area contributed by atoms with Crippen LogP contribution < -0.4 is 0 Å². The highest BCUT2D eigenvalue weighted by Gasteiger charge is 2.20. The molecule has 1 saturated heterocycles. The van der Waals surface area contributed by atoms with E-state index < -0.39 is 0 Å². The Balaban J connectivity index is 1.86. The Kier molecular flexibility index (Phi) is 3.11. The Morgan fingerprint density at radius 2 is 2.28 bits per heavy atom. The van der Waals surface area contributed by atoms with Gasteiger partial charge in [0.05, 0.1) is 6.33 Å². The molecular weight excluding hydrogens is 224 g/mol. The van der Waals surface area contributed by atoms with Gasteiger partial charge >= 0.3 is 0 Å². The van der Waals surface area contributed by atoms with Crippen molar-refractivity contribution in [2.75, 3.05) is 20.1 Å². The van der Waals surface area contributed by atoms with Crippen LogP contribution in [0.4, 0.5) is 0 Å². The summed E-state index contributed by atoms with van der Waals surface area (Å²) in [5, 5.41) is 0. The summed E-state index contributed by atoms with van der Waals surface area (Å²) in [6, 6.07) is 4.21. The molecule has 0 radical (unpaired) electrons. The smallest absolute Gasteiger partial charge is 0.0991 e. The zero-order valence-electron chi connectivity index (χ0n) is 10.7. The number of likely N-dealkylation sites (tertiary alicyclic amines) is 1. The summed E-state index contributed by atoms with van der Waals surface area (Å²) in [5.41, 5.74) is 2.35. The van der Waals surface area contributed by atoms with Crippen molar-refractivity contribution in [3.63, 3.8) is 0 Å². The van der Waals surface area contributed by atoms with Gasteiger partial charge in [-0.3, -0.25) is 4.98 Å². The Hall–Kier alpha value is -1.68. The monoisotopic (exact) mass is 242 g/mol. The molecule has 0 aromatic carbocycles. The van der Waals surface area contributed by atoms with Crippen molar-refractivity contribution in [1.82, 2.24) is 19.4 Å². The number of pyridine rings is 1. The number of nitrogens with zero attached hydrogens (tertiary/aromatic N) is 4. The van der Waals surface area contributed by atoms with E-state index in [4.69, 9.17) is 0 Å². The van der Waals surface area contributed by atoms with Gasteiger partial charge in [0.25, 0.3) is 0 Å². The molecule has 4 heteroatoms. The van der Waals surface area contributed by atoms with E-state index in [9.17, 15) is 0 Å². The van der Waals surface area contributed by atoms with Gasteiger partial charge in [-0.1, -0.05) is 0 Å². The lowest BCUT2D eigenvalue weighted by Gasteiger charge is -2.29. The van der Waals surface area contributed by atoms with E-state index in [1.165, 1.54) is 25.1 Å². The molecule has 1 fully saturated rings. The summed E-state index contributed by atoms with van der Waals surface area (Å²) in [6.07, 6.45) is 9.99. The van der Waals surface area contributed by atoms with E-state index in [-0.39, 0.29) is 0 Å². The standard InChI is InChI=1S/C14H18N4/c1-17-7-2-3-12(10-17)14-9-13(4-5-16-14)18-8-6-15-11-18/h4-6,8-9,11-12H,2-3,7,10H2,1H3. The van der Waals surface area contributed by atoms with Crippen LogP contribution in [-0.2, 0) is 0 Å². The first kappa shape index (κ1) is 11.4.